The number of nitrogens with one attached hydrogen (secondary N) is 2. The molecule has 1 aliphatic heterocycles. The zero-order chi connectivity index (χ0) is 22.5. The Bertz CT molecular complexity index is 1140. The summed E-state index contributed by atoms with van der Waals surface area (Å²) in [5.41, 5.74) is 2.28. The first-order chi connectivity index (χ1) is 15.6. The second-order valence-corrected chi connectivity index (χ2v) is 7.86. The first-order valence-corrected chi connectivity index (χ1v) is 10.8. The van der Waals surface area contributed by atoms with E-state index in [0.29, 0.717) is 17.9 Å². The van der Waals surface area contributed by atoms with E-state index in [4.69, 9.17) is 4.74 Å². The van der Waals surface area contributed by atoms with Gasteiger partial charge in [-0.3, -0.25) is 9.59 Å². The number of rotatable bonds is 6. The average molecular weight is 434 g/mol. The van der Waals surface area contributed by atoms with E-state index in [1.807, 2.05) is 24.3 Å². The van der Waals surface area contributed by atoms with Gasteiger partial charge in [0, 0.05) is 34.8 Å². The first kappa shape index (κ1) is 21.6. The number of methoxy groups -OCH3 is 1. The fourth-order valence-corrected chi connectivity index (χ4v) is 4.07. The molecule has 166 valence electrons. The van der Waals surface area contributed by atoms with E-state index >= 15 is 0 Å². The van der Waals surface area contributed by atoms with E-state index in [2.05, 4.69) is 10.3 Å². The van der Waals surface area contributed by atoms with E-state index in [9.17, 15) is 14.7 Å². The van der Waals surface area contributed by atoms with Gasteiger partial charge in [0.05, 0.1) is 19.8 Å². The molecule has 2 aromatic carbocycles. The number of benzene rings is 2. The Hall–Kier alpha value is -3.58. The van der Waals surface area contributed by atoms with Crippen molar-refractivity contribution >= 4 is 28.8 Å². The van der Waals surface area contributed by atoms with Gasteiger partial charge in [0.25, 0.3) is 11.8 Å². The molecule has 4 rings (SSSR count). The van der Waals surface area contributed by atoms with E-state index in [1.165, 1.54) is 0 Å². The number of hydrogen-bond acceptors (Lipinski definition) is 4. The predicted octanol–water partition coefficient (Wildman–Crippen LogP) is 3.32. The molecule has 0 bridgehead atoms. The monoisotopic (exact) mass is 433 g/mol. The molecule has 0 radical (unpaired) electrons. The minimum atomic E-state index is -0.361. The molecule has 2 heterocycles. The second kappa shape index (κ2) is 9.70. The zero-order valence-corrected chi connectivity index (χ0v) is 18.0. The van der Waals surface area contributed by atoms with Crippen molar-refractivity contribution < 1.29 is 19.4 Å². The van der Waals surface area contributed by atoms with Crippen LogP contribution < -0.4 is 10.1 Å². The van der Waals surface area contributed by atoms with Gasteiger partial charge in [-0.05, 0) is 55.7 Å². The average Bonchev–Trinajstić information content (AvgIpc) is 3.25. The number of carbonyl (C=O) groups excluding carboxylic acids is 2. The molecule has 0 aliphatic carbocycles. The van der Waals surface area contributed by atoms with Crippen molar-refractivity contribution in [2.24, 2.45) is 0 Å². The molecule has 3 aromatic rings. The number of likely N-dealkylation sites (tertiary alicyclic amines) is 1. The van der Waals surface area contributed by atoms with Crippen LogP contribution in [0.1, 0.15) is 35.2 Å². The predicted molar refractivity (Wildman–Crippen MR) is 123 cm³/mol. The van der Waals surface area contributed by atoms with Crippen LogP contribution >= 0.6 is 0 Å². The lowest BCUT2D eigenvalue weighted by atomic mass is 10.0. The van der Waals surface area contributed by atoms with Gasteiger partial charge in [-0.2, -0.15) is 0 Å². The molecule has 2 amide bonds. The van der Waals surface area contributed by atoms with Crippen molar-refractivity contribution in [1.29, 1.82) is 0 Å². The Balaban J connectivity index is 1.73. The number of H-pyrrole nitrogens is 1. The summed E-state index contributed by atoms with van der Waals surface area (Å²) < 4.78 is 5.34. The van der Waals surface area contributed by atoms with Crippen molar-refractivity contribution in [1.82, 2.24) is 15.2 Å². The maximum absolute atomic E-state index is 13.5. The SMILES string of the molecule is COc1ccc2[nH]cc(/C=C(\NC(=O)c3ccccc3)C(=O)N3CCCCC3CO)c2c1. The quantitative estimate of drug-likeness (QED) is 0.520. The second-order valence-electron chi connectivity index (χ2n) is 7.86. The van der Waals surface area contributed by atoms with Crippen molar-refractivity contribution in [3.8, 4) is 5.75 Å². The molecule has 3 N–H and O–H groups in total. The van der Waals surface area contributed by atoms with Crippen LogP contribution in [0.3, 0.4) is 0 Å². The van der Waals surface area contributed by atoms with Crippen molar-refractivity contribution in [3.05, 3.63) is 71.6 Å². The first-order valence-electron chi connectivity index (χ1n) is 10.8. The van der Waals surface area contributed by atoms with E-state index in [0.717, 1.165) is 35.7 Å². The molecule has 7 nitrogen and oxygen atoms in total. The number of hydrogen-bond donors (Lipinski definition) is 3. The summed E-state index contributed by atoms with van der Waals surface area (Å²) in [7, 11) is 1.60. The van der Waals surface area contributed by atoms with Gasteiger partial charge in [0.1, 0.15) is 11.4 Å². The van der Waals surface area contributed by atoms with Gasteiger partial charge in [-0.1, -0.05) is 18.2 Å². The van der Waals surface area contributed by atoms with Gasteiger partial charge in [-0.15, -0.1) is 0 Å². The summed E-state index contributed by atoms with van der Waals surface area (Å²) in [4.78, 5) is 31.3. The smallest absolute Gasteiger partial charge is 0.270 e. The summed E-state index contributed by atoms with van der Waals surface area (Å²) in [6.45, 7) is 0.445. The number of aromatic nitrogens is 1. The van der Waals surface area contributed by atoms with Gasteiger partial charge in [-0.25, -0.2) is 0 Å². The lowest BCUT2D eigenvalue weighted by Gasteiger charge is -2.35. The van der Waals surface area contributed by atoms with Crippen molar-refractivity contribution in [2.45, 2.75) is 25.3 Å². The van der Waals surface area contributed by atoms with Crippen LogP contribution in [0.5, 0.6) is 5.75 Å². The highest BCUT2D eigenvalue weighted by molar-refractivity contribution is 6.06. The molecule has 1 saturated heterocycles. The highest BCUT2D eigenvalue weighted by Crippen LogP contribution is 2.26. The Labute approximate surface area is 186 Å². The Morgan fingerprint density at radius 3 is 2.78 bits per heavy atom. The third-order valence-electron chi connectivity index (χ3n) is 5.83. The largest absolute Gasteiger partial charge is 0.497 e. The normalized spacial score (nSPS) is 16.8. The number of aromatic amines is 1. The minimum absolute atomic E-state index is 0.101. The van der Waals surface area contributed by atoms with E-state index in [-0.39, 0.29) is 30.2 Å². The fourth-order valence-electron chi connectivity index (χ4n) is 4.07. The number of fused-ring (bicyclic) bond motifs is 1. The summed E-state index contributed by atoms with van der Waals surface area (Å²) >= 11 is 0. The standard InChI is InChI=1S/C25H27N3O4/c1-32-20-10-11-22-21(14-20)18(15-26-22)13-23(27-24(30)17-7-3-2-4-8-17)25(31)28-12-6-5-9-19(28)16-29/h2-4,7-8,10-11,13-15,19,26,29H,5-6,9,12,16H2,1H3,(H,27,30)/b23-13-. The molecule has 1 fully saturated rings. The highest BCUT2D eigenvalue weighted by atomic mass is 16.5. The van der Waals surface area contributed by atoms with Crippen LogP contribution in [-0.4, -0.2) is 53.1 Å². The van der Waals surface area contributed by atoms with Crippen LogP contribution in [-0.2, 0) is 4.79 Å². The fraction of sp³-hybridized carbons (Fsp3) is 0.280. The molecule has 1 atom stereocenters. The lowest BCUT2D eigenvalue weighted by molar-refractivity contribution is -0.132. The summed E-state index contributed by atoms with van der Waals surface area (Å²) in [6.07, 6.45) is 6.06. The summed E-state index contributed by atoms with van der Waals surface area (Å²) in [5.74, 6) is 0.0368. The number of aliphatic hydroxyl groups excluding tert-OH is 1. The maximum atomic E-state index is 13.5. The topological polar surface area (TPSA) is 94.7 Å². The lowest BCUT2D eigenvalue weighted by Crippen LogP contribution is -2.48. The van der Waals surface area contributed by atoms with Crippen LogP contribution in [0.2, 0.25) is 0 Å². The van der Waals surface area contributed by atoms with Crippen LogP contribution in [0.4, 0.5) is 0 Å². The molecular formula is C25H27N3O4. The van der Waals surface area contributed by atoms with Crippen molar-refractivity contribution in [2.75, 3.05) is 20.3 Å². The number of amides is 2. The Morgan fingerprint density at radius 2 is 2.03 bits per heavy atom. The molecule has 1 aliphatic rings. The maximum Gasteiger partial charge on any atom is 0.270 e. The van der Waals surface area contributed by atoms with Crippen LogP contribution in [0, 0.1) is 0 Å². The molecule has 0 saturated carbocycles. The summed E-state index contributed by atoms with van der Waals surface area (Å²) in [5, 5.41) is 13.5. The van der Waals surface area contributed by atoms with Crippen LogP contribution in [0.25, 0.3) is 17.0 Å². The zero-order valence-electron chi connectivity index (χ0n) is 18.0. The van der Waals surface area contributed by atoms with Crippen LogP contribution in [0.15, 0.2) is 60.4 Å². The molecule has 7 heteroatoms. The molecule has 32 heavy (non-hydrogen) atoms. The molecule has 1 unspecified atom stereocenters. The van der Waals surface area contributed by atoms with Crippen molar-refractivity contribution in [3.63, 3.8) is 0 Å². The molecule has 0 spiro atoms. The third-order valence-corrected chi connectivity index (χ3v) is 5.83. The molecular weight excluding hydrogens is 406 g/mol. The summed E-state index contributed by atoms with van der Waals surface area (Å²) in [6, 6.07) is 14.2. The number of carbonyl (C=O) groups is 2. The van der Waals surface area contributed by atoms with E-state index in [1.54, 1.807) is 48.5 Å². The van der Waals surface area contributed by atoms with Gasteiger partial charge in [0.15, 0.2) is 0 Å². The highest BCUT2D eigenvalue weighted by Gasteiger charge is 2.29. The number of aliphatic hydroxyl groups is 1. The Kier molecular flexibility index (Phi) is 6.56. The molecule has 1 aromatic heterocycles. The number of piperidine rings is 1. The number of nitrogens with zero attached hydrogens (tertiary/aromatic N) is 1. The van der Waals surface area contributed by atoms with Gasteiger partial charge >= 0.3 is 0 Å². The van der Waals surface area contributed by atoms with Gasteiger partial charge in [0.2, 0.25) is 0 Å². The van der Waals surface area contributed by atoms with Gasteiger partial charge < -0.3 is 25.0 Å². The number of ether oxygens (including phenoxy) is 1. The van der Waals surface area contributed by atoms with E-state index < -0.39 is 0 Å². The third kappa shape index (κ3) is 4.53. The Morgan fingerprint density at radius 1 is 1.22 bits per heavy atom. The minimum Gasteiger partial charge on any atom is -0.497 e.